The zero-order chi connectivity index (χ0) is 11.5. The fraction of sp³-hybridized carbons (Fsp3) is 0.364. The minimum Gasteiger partial charge on any atom is -0.461 e. The monoisotopic (exact) mass is 220 g/mol. The molecule has 2 rings (SSSR count). The molecule has 1 aromatic heterocycles. The SMILES string of the molecule is CCOC(=O)c1nccc2c1CCNC2=O. The lowest BCUT2D eigenvalue weighted by molar-refractivity contribution is 0.0518. The lowest BCUT2D eigenvalue weighted by atomic mass is 9.99. The molecule has 1 aromatic rings. The first kappa shape index (κ1) is 10.6. The van der Waals surface area contributed by atoms with Crippen molar-refractivity contribution in [2.24, 2.45) is 0 Å². The molecule has 0 unspecified atom stereocenters. The van der Waals surface area contributed by atoms with Crippen molar-refractivity contribution in [3.05, 3.63) is 29.1 Å². The number of nitrogens with zero attached hydrogens (tertiary/aromatic N) is 1. The van der Waals surface area contributed by atoms with Crippen molar-refractivity contribution in [3.63, 3.8) is 0 Å². The highest BCUT2D eigenvalue weighted by molar-refractivity contribution is 6.00. The number of carbonyl (C=O) groups excluding carboxylic acids is 2. The molecule has 0 aliphatic carbocycles. The number of carbonyl (C=O) groups is 2. The maximum atomic E-state index is 11.6. The van der Waals surface area contributed by atoms with Crippen LogP contribution in [-0.4, -0.2) is 30.0 Å². The van der Waals surface area contributed by atoms with Crippen LogP contribution in [0.5, 0.6) is 0 Å². The van der Waals surface area contributed by atoms with Gasteiger partial charge in [-0.2, -0.15) is 0 Å². The van der Waals surface area contributed by atoms with E-state index in [1.165, 1.54) is 6.20 Å². The maximum absolute atomic E-state index is 11.6. The summed E-state index contributed by atoms with van der Waals surface area (Å²) in [5.41, 5.74) is 1.46. The van der Waals surface area contributed by atoms with E-state index in [9.17, 15) is 9.59 Å². The van der Waals surface area contributed by atoms with E-state index in [2.05, 4.69) is 10.3 Å². The van der Waals surface area contributed by atoms with Crippen LogP contribution in [0.3, 0.4) is 0 Å². The van der Waals surface area contributed by atoms with Gasteiger partial charge in [-0.1, -0.05) is 0 Å². The molecule has 16 heavy (non-hydrogen) atoms. The minimum atomic E-state index is -0.464. The number of rotatable bonds is 2. The summed E-state index contributed by atoms with van der Waals surface area (Å²) >= 11 is 0. The van der Waals surface area contributed by atoms with Gasteiger partial charge in [0.05, 0.1) is 6.61 Å². The van der Waals surface area contributed by atoms with Crippen molar-refractivity contribution in [1.29, 1.82) is 0 Å². The third kappa shape index (κ3) is 1.76. The number of fused-ring (bicyclic) bond motifs is 1. The molecule has 0 radical (unpaired) electrons. The molecule has 0 saturated heterocycles. The highest BCUT2D eigenvalue weighted by Crippen LogP contribution is 2.17. The number of esters is 1. The summed E-state index contributed by atoms with van der Waals surface area (Å²) < 4.78 is 4.90. The lowest BCUT2D eigenvalue weighted by Gasteiger charge is -2.17. The van der Waals surface area contributed by atoms with E-state index < -0.39 is 5.97 Å². The van der Waals surface area contributed by atoms with Crippen molar-refractivity contribution in [2.75, 3.05) is 13.2 Å². The number of hydrogen-bond acceptors (Lipinski definition) is 4. The molecule has 0 aromatic carbocycles. The van der Waals surface area contributed by atoms with Crippen LogP contribution in [0.4, 0.5) is 0 Å². The van der Waals surface area contributed by atoms with Crippen LogP contribution < -0.4 is 5.32 Å². The Balaban J connectivity index is 2.43. The number of nitrogens with one attached hydrogen (secondary N) is 1. The number of pyridine rings is 1. The van der Waals surface area contributed by atoms with E-state index >= 15 is 0 Å². The van der Waals surface area contributed by atoms with E-state index in [1.54, 1.807) is 13.0 Å². The fourth-order valence-electron chi connectivity index (χ4n) is 1.73. The van der Waals surface area contributed by atoms with Crippen LogP contribution in [0, 0.1) is 0 Å². The fourth-order valence-corrected chi connectivity index (χ4v) is 1.73. The van der Waals surface area contributed by atoms with Crippen molar-refractivity contribution < 1.29 is 14.3 Å². The average Bonchev–Trinajstić information content (AvgIpc) is 2.29. The Morgan fingerprint density at radius 1 is 1.62 bits per heavy atom. The third-order valence-electron chi connectivity index (χ3n) is 2.43. The molecule has 0 fully saturated rings. The number of hydrogen-bond donors (Lipinski definition) is 1. The van der Waals surface area contributed by atoms with Gasteiger partial charge in [-0.25, -0.2) is 9.78 Å². The smallest absolute Gasteiger partial charge is 0.357 e. The van der Waals surface area contributed by atoms with Crippen molar-refractivity contribution >= 4 is 11.9 Å². The van der Waals surface area contributed by atoms with Gasteiger partial charge in [0.15, 0.2) is 5.69 Å². The van der Waals surface area contributed by atoms with Gasteiger partial charge in [0.2, 0.25) is 0 Å². The zero-order valence-corrected chi connectivity index (χ0v) is 8.95. The normalized spacial score (nSPS) is 13.9. The van der Waals surface area contributed by atoms with E-state index in [0.29, 0.717) is 30.7 Å². The van der Waals surface area contributed by atoms with Gasteiger partial charge in [-0.15, -0.1) is 0 Å². The molecular weight excluding hydrogens is 208 g/mol. The molecule has 5 heteroatoms. The summed E-state index contributed by atoms with van der Waals surface area (Å²) in [7, 11) is 0. The van der Waals surface area contributed by atoms with Crippen LogP contribution in [0.25, 0.3) is 0 Å². The van der Waals surface area contributed by atoms with Gasteiger partial charge in [-0.3, -0.25) is 4.79 Å². The molecule has 1 N–H and O–H groups in total. The van der Waals surface area contributed by atoms with E-state index in [4.69, 9.17) is 4.74 Å². The summed E-state index contributed by atoms with van der Waals surface area (Å²) in [6.45, 7) is 2.57. The standard InChI is InChI=1S/C11H12N2O3/c1-2-16-11(15)9-7-3-6-13-10(14)8(7)4-5-12-9/h4-5H,2-3,6H2,1H3,(H,13,14). The Morgan fingerprint density at radius 2 is 2.44 bits per heavy atom. The van der Waals surface area contributed by atoms with Crippen LogP contribution in [-0.2, 0) is 11.2 Å². The molecule has 2 heterocycles. The summed E-state index contributed by atoms with van der Waals surface area (Å²) in [5, 5.41) is 2.72. The second kappa shape index (κ2) is 4.30. The minimum absolute atomic E-state index is 0.158. The van der Waals surface area contributed by atoms with Crippen molar-refractivity contribution in [3.8, 4) is 0 Å². The van der Waals surface area contributed by atoms with Crippen LogP contribution in [0.15, 0.2) is 12.3 Å². The van der Waals surface area contributed by atoms with Gasteiger partial charge in [-0.05, 0) is 25.0 Å². The Hall–Kier alpha value is -1.91. The quantitative estimate of drug-likeness (QED) is 0.739. The number of amides is 1. The largest absolute Gasteiger partial charge is 0.461 e. The van der Waals surface area contributed by atoms with Gasteiger partial charge in [0.25, 0.3) is 5.91 Å². The predicted octanol–water partition coefficient (Wildman–Crippen LogP) is 0.544. The Kier molecular flexibility index (Phi) is 2.85. The molecule has 0 bridgehead atoms. The Labute approximate surface area is 92.8 Å². The first-order chi connectivity index (χ1) is 7.74. The predicted molar refractivity (Wildman–Crippen MR) is 56.2 cm³/mol. The van der Waals surface area contributed by atoms with Gasteiger partial charge in [0, 0.05) is 18.3 Å². The molecular formula is C11H12N2O3. The van der Waals surface area contributed by atoms with Crippen LogP contribution in [0.1, 0.15) is 33.3 Å². The zero-order valence-electron chi connectivity index (χ0n) is 8.95. The molecule has 0 spiro atoms. The molecule has 1 aliphatic rings. The topological polar surface area (TPSA) is 68.3 Å². The maximum Gasteiger partial charge on any atom is 0.357 e. The van der Waals surface area contributed by atoms with E-state index in [1.807, 2.05) is 0 Å². The number of aromatic nitrogens is 1. The first-order valence-corrected chi connectivity index (χ1v) is 5.17. The molecule has 1 amide bonds. The molecule has 1 aliphatic heterocycles. The van der Waals surface area contributed by atoms with Crippen molar-refractivity contribution in [2.45, 2.75) is 13.3 Å². The Bertz CT molecular complexity index is 443. The summed E-state index contributed by atoms with van der Waals surface area (Å²) in [6, 6.07) is 1.62. The summed E-state index contributed by atoms with van der Waals surface area (Å²) in [4.78, 5) is 27.1. The average molecular weight is 220 g/mol. The number of ether oxygens (including phenoxy) is 1. The van der Waals surface area contributed by atoms with E-state index in [0.717, 1.165) is 0 Å². The highest BCUT2D eigenvalue weighted by Gasteiger charge is 2.23. The summed E-state index contributed by atoms with van der Waals surface area (Å²) in [6.07, 6.45) is 2.07. The molecule has 84 valence electrons. The van der Waals surface area contributed by atoms with Crippen molar-refractivity contribution in [1.82, 2.24) is 10.3 Å². The van der Waals surface area contributed by atoms with Gasteiger partial charge in [0.1, 0.15) is 0 Å². The Morgan fingerprint density at radius 3 is 3.19 bits per heavy atom. The van der Waals surface area contributed by atoms with Gasteiger partial charge >= 0.3 is 5.97 Å². The lowest BCUT2D eigenvalue weighted by Crippen LogP contribution is -2.33. The van der Waals surface area contributed by atoms with Gasteiger partial charge < -0.3 is 10.1 Å². The first-order valence-electron chi connectivity index (χ1n) is 5.17. The molecule has 0 saturated carbocycles. The second-order valence-electron chi connectivity index (χ2n) is 3.41. The summed E-state index contributed by atoms with van der Waals surface area (Å²) in [5.74, 6) is -0.622. The van der Waals surface area contributed by atoms with E-state index in [-0.39, 0.29) is 11.6 Å². The third-order valence-corrected chi connectivity index (χ3v) is 2.43. The molecule has 0 atom stereocenters. The second-order valence-corrected chi connectivity index (χ2v) is 3.41. The van der Waals surface area contributed by atoms with Crippen LogP contribution >= 0.6 is 0 Å². The molecule has 5 nitrogen and oxygen atoms in total. The van der Waals surface area contributed by atoms with Crippen LogP contribution in [0.2, 0.25) is 0 Å². The highest BCUT2D eigenvalue weighted by atomic mass is 16.5.